The minimum absolute atomic E-state index is 0.104. The van der Waals surface area contributed by atoms with E-state index in [-0.39, 0.29) is 37.2 Å². The Morgan fingerprint density at radius 3 is 2.17 bits per heavy atom. The third-order valence-electron chi connectivity index (χ3n) is 6.93. The molecule has 0 bridgehead atoms. The molecular formula is C33H43N3O4S. The molecule has 2 amide bonds. The number of nitrogens with one attached hydrogen (secondary N) is 1. The van der Waals surface area contributed by atoms with Crippen LogP contribution in [-0.2, 0) is 32.6 Å². The van der Waals surface area contributed by atoms with Crippen molar-refractivity contribution in [3.63, 3.8) is 0 Å². The lowest BCUT2D eigenvalue weighted by atomic mass is 10.0. The Morgan fingerprint density at radius 2 is 1.54 bits per heavy atom. The quantitative estimate of drug-likeness (QED) is 0.283. The van der Waals surface area contributed by atoms with Gasteiger partial charge in [0, 0.05) is 32.5 Å². The minimum atomic E-state index is -3.55. The molecular weight excluding hydrogens is 534 g/mol. The van der Waals surface area contributed by atoms with E-state index in [4.69, 9.17) is 0 Å². The zero-order valence-electron chi connectivity index (χ0n) is 24.8. The summed E-state index contributed by atoms with van der Waals surface area (Å²) >= 11 is 0. The van der Waals surface area contributed by atoms with Gasteiger partial charge in [0.05, 0.1) is 11.9 Å². The minimum Gasteiger partial charge on any atom is -0.354 e. The van der Waals surface area contributed by atoms with Gasteiger partial charge >= 0.3 is 0 Å². The molecule has 0 aromatic heterocycles. The van der Waals surface area contributed by atoms with E-state index < -0.39 is 16.1 Å². The highest BCUT2D eigenvalue weighted by atomic mass is 32.2. The standard InChI is InChI=1S/C33H43N3O4S/c1-25(2)23-34-33(38)31(22-28-15-7-6-8-16-28)35(24-29-17-11-13-26(3)21-29)32(37)19-12-20-36(41(5,39)40)30-18-10-9-14-27(30)4/h6-11,13-18,21,25,31H,12,19-20,22-24H2,1-5H3,(H,34,38)/t31-/m0/s1. The van der Waals surface area contributed by atoms with Crippen LogP contribution in [0.4, 0.5) is 5.69 Å². The molecule has 0 heterocycles. The summed E-state index contributed by atoms with van der Waals surface area (Å²) in [5, 5.41) is 3.04. The number of hydrogen-bond donors (Lipinski definition) is 1. The second-order valence-electron chi connectivity index (χ2n) is 11.1. The van der Waals surface area contributed by atoms with Crippen LogP contribution < -0.4 is 9.62 Å². The van der Waals surface area contributed by atoms with Crippen molar-refractivity contribution in [2.24, 2.45) is 5.92 Å². The summed E-state index contributed by atoms with van der Waals surface area (Å²) in [6.07, 6.45) is 1.98. The van der Waals surface area contributed by atoms with Gasteiger partial charge in [0.25, 0.3) is 0 Å². The van der Waals surface area contributed by atoms with Crippen molar-refractivity contribution in [1.29, 1.82) is 0 Å². The predicted octanol–water partition coefficient (Wildman–Crippen LogP) is 5.26. The van der Waals surface area contributed by atoms with E-state index >= 15 is 0 Å². The molecule has 3 rings (SSSR count). The van der Waals surface area contributed by atoms with Crippen molar-refractivity contribution in [2.45, 2.75) is 59.5 Å². The molecule has 3 aromatic carbocycles. The van der Waals surface area contributed by atoms with Crippen LogP contribution in [0.15, 0.2) is 78.9 Å². The molecule has 0 aliphatic heterocycles. The Labute approximate surface area is 245 Å². The SMILES string of the molecule is Cc1cccc(CN(C(=O)CCCN(c2ccccc2C)S(C)(=O)=O)[C@@H](Cc2ccccc2)C(=O)NCC(C)C)c1. The van der Waals surface area contributed by atoms with E-state index in [0.29, 0.717) is 25.1 Å². The fraction of sp³-hybridized carbons (Fsp3) is 0.394. The van der Waals surface area contributed by atoms with Crippen LogP contribution in [0.25, 0.3) is 0 Å². The van der Waals surface area contributed by atoms with E-state index in [9.17, 15) is 18.0 Å². The van der Waals surface area contributed by atoms with Crippen LogP contribution in [0.5, 0.6) is 0 Å². The summed E-state index contributed by atoms with van der Waals surface area (Å²) in [6.45, 7) is 8.88. The molecule has 1 N–H and O–H groups in total. The fourth-order valence-corrected chi connectivity index (χ4v) is 5.83. The summed E-state index contributed by atoms with van der Waals surface area (Å²) in [6, 6.07) is 24.2. The third-order valence-corrected chi connectivity index (χ3v) is 8.11. The van der Waals surface area contributed by atoms with Gasteiger partial charge in [-0.25, -0.2) is 8.42 Å². The topological polar surface area (TPSA) is 86.8 Å². The molecule has 0 aliphatic carbocycles. The first kappa shape index (κ1) is 31.9. The lowest BCUT2D eigenvalue weighted by Gasteiger charge is -2.32. The second-order valence-corrected chi connectivity index (χ2v) is 13.0. The first-order chi connectivity index (χ1) is 19.5. The zero-order chi connectivity index (χ0) is 30.0. The van der Waals surface area contributed by atoms with Crippen molar-refractivity contribution in [2.75, 3.05) is 23.7 Å². The smallest absolute Gasteiger partial charge is 0.243 e. The molecule has 0 saturated carbocycles. The molecule has 1 atom stereocenters. The first-order valence-corrected chi connectivity index (χ1v) is 16.0. The molecule has 7 nitrogen and oxygen atoms in total. The molecule has 0 radical (unpaired) electrons. The average Bonchev–Trinajstić information content (AvgIpc) is 2.92. The summed E-state index contributed by atoms with van der Waals surface area (Å²) < 4.78 is 26.7. The Hall–Kier alpha value is -3.65. The molecule has 0 spiro atoms. The predicted molar refractivity (Wildman–Crippen MR) is 166 cm³/mol. The van der Waals surface area contributed by atoms with E-state index in [2.05, 4.69) is 5.32 Å². The van der Waals surface area contributed by atoms with Crippen LogP contribution in [-0.4, -0.2) is 50.5 Å². The summed E-state index contributed by atoms with van der Waals surface area (Å²) in [5.74, 6) is -0.118. The van der Waals surface area contributed by atoms with Gasteiger partial charge in [-0.1, -0.05) is 92.2 Å². The summed E-state index contributed by atoms with van der Waals surface area (Å²) in [5.41, 5.74) is 4.41. The molecule has 8 heteroatoms. The van der Waals surface area contributed by atoms with Gasteiger partial charge in [0.1, 0.15) is 6.04 Å². The van der Waals surface area contributed by atoms with Crippen LogP contribution in [0.2, 0.25) is 0 Å². The van der Waals surface area contributed by atoms with Gasteiger partial charge in [-0.3, -0.25) is 13.9 Å². The fourth-order valence-electron chi connectivity index (χ4n) is 4.81. The monoisotopic (exact) mass is 577 g/mol. The highest BCUT2D eigenvalue weighted by Gasteiger charge is 2.30. The molecule has 0 aliphatic rings. The van der Waals surface area contributed by atoms with Gasteiger partial charge < -0.3 is 10.2 Å². The van der Waals surface area contributed by atoms with E-state index in [1.165, 1.54) is 10.6 Å². The Balaban J connectivity index is 1.89. The number of anilines is 1. The highest BCUT2D eigenvalue weighted by molar-refractivity contribution is 7.92. The lowest BCUT2D eigenvalue weighted by Crippen LogP contribution is -2.51. The average molecular weight is 578 g/mol. The van der Waals surface area contributed by atoms with Crippen LogP contribution >= 0.6 is 0 Å². The van der Waals surface area contributed by atoms with Gasteiger partial charge in [0.15, 0.2) is 0 Å². The van der Waals surface area contributed by atoms with Crippen LogP contribution in [0.1, 0.15) is 48.9 Å². The van der Waals surface area contributed by atoms with Crippen LogP contribution in [0, 0.1) is 19.8 Å². The molecule has 41 heavy (non-hydrogen) atoms. The number of aryl methyl sites for hydroxylation is 2. The maximum Gasteiger partial charge on any atom is 0.243 e. The van der Waals surface area contributed by atoms with Crippen molar-refractivity contribution in [3.05, 3.63) is 101 Å². The third kappa shape index (κ3) is 9.74. The number of sulfonamides is 1. The number of para-hydroxylation sites is 1. The highest BCUT2D eigenvalue weighted by Crippen LogP contribution is 2.23. The number of nitrogens with zero attached hydrogens (tertiary/aromatic N) is 2. The van der Waals surface area contributed by atoms with Gasteiger partial charge in [0.2, 0.25) is 21.8 Å². The number of amides is 2. The van der Waals surface area contributed by atoms with E-state index in [1.807, 2.05) is 94.4 Å². The molecule has 220 valence electrons. The number of carbonyl (C=O) groups excluding carboxylic acids is 2. The van der Waals surface area contributed by atoms with E-state index in [1.54, 1.807) is 17.0 Å². The zero-order valence-corrected chi connectivity index (χ0v) is 25.7. The number of benzene rings is 3. The second kappa shape index (κ2) is 14.8. The number of hydrogen-bond acceptors (Lipinski definition) is 4. The number of rotatable bonds is 14. The van der Waals surface area contributed by atoms with Gasteiger partial charge in [-0.2, -0.15) is 0 Å². The maximum atomic E-state index is 13.9. The maximum absolute atomic E-state index is 13.9. The van der Waals surface area contributed by atoms with Crippen molar-refractivity contribution in [3.8, 4) is 0 Å². The molecule has 0 saturated heterocycles. The number of carbonyl (C=O) groups is 2. The first-order valence-electron chi connectivity index (χ1n) is 14.2. The Bertz CT molecular complexity index is 1410. The van der Waals surface area contributed by atoms with Gasteiger partial charge in [-0.15, -0.1) is 0 Å². The Kier molecular flexibility index (Phi) is 11.5. The van der Waals surface area contributed by atoms with Crippen molar-refractivity contribution in [1.82, 2.24) is 10.2 Å². The largest absolute Gasteiger partial charge is 0.354 e. The normalized spacial score (nSPS) is 12.1. The summed E-state index contributed by atoms with van der Waals surface area (Å²) in [4.78, 5) is 29.2. The van der Waals surface area contributed by atoms with Crippen molar-refractivity contribution < 1.29 is 18.0 Å². The van der Waals surface area contributed by atoms with Crippen LogP contribution in [0.3, 0.4) is 0 Å². The Morgan fingerprint density at radius 1 is 0.878 bits per heavy atom. The lowest BCUT2D eigenvalue weighted by molar-refractivity contribution is -0.141. The summed E-state index contributed by atoms with van der Waals surface area (Å²) in [7, 11) is -3.55. The van der Waals surface area contributed by atoms with Gasteiger partial charge in [-0.05, 0) is 48.9 Å². The molecule has 3 aromatic rings. The van der Waals surface area contributed by atoms with Crippen molar-refractivity contribution >= 4 is 27.5 Å². The van der Waals surface area contributed by atoms with E-state index in [0.717, 1.165) is 22.3 Å². The molecule has 0 unspecified atom stereocenters. The molecule has 0 fully saturated rings.